The summed E-state index contributed by atoms with van der Waals surface area (Å²) >= 11 is 0. The number of rotatable bonds is 8. The minimum atomic E-state index is -0.830. The fraction of sp³-hybridized carbons (Fsp3) is 0.471. The molecule has 2 N–H and O–H groups in total. The molecule has 0 aliphatic carbocycles. The van der Waals surface area contributed by atoms with Crippen molar-refractivity contribution in [3.05, 3.63) is 35.9 Å². The summed E-state index contributed by atoms with van der Waals surface area (Å²) in [6.45, 7) is 5.12. The summed E-state index contributed by atoms with van der Waals surface area (Å²) in [6, 6.07) is 7.82. The van der Waals surface area contributed by atoms with Crippen LogP contribution < -0.4 is 10.6 Å². The fourth-order valence-corrected chi connectivity index (χ4v) is 1.95. The number of ether oxygens (including phenoxy) is 1. The van der Waals surface area contributed by atoms with Crippen LogP contribution in [-0.4, -0.2) is 36.5 Å². The lowest BCUT2D eigenvalue weighted by molar-refractivity contribution is -0.150. The highest BCUT2D eigenvalue weighted by Crippen LogP contribution is 2.00. The van der Waals surface area contributed by atoms with Crippen molar-refractivity contribution in [2.24, 2.45) is 0 Å². The van der Waals surface area contributed by atoms with Crippen molar-refractivity contribution in [2.75, 3.05) is 6.61 Å². The van der Waals surface area contributed by atoms with Gasteiger partial charge in [0.2, 0.25) is 0 Å². The molecule has 0 heterocycles. The van der Waals surface area contributed by atoms with Crippen LogP contribution in [-0.2, 0) is 14.3 Å². The number of esters is 1. The van der Waals surface area contributed by atoms with E-state index in [0.717, 1.165) is 12.8 Å². The minimum Gasteiger partial charge on any atom is -0.454 e. The second kappa shape index (κ2) is 9.61. The zero-order valence-corrected chi connectivity index (χ0v) is 13.8. The third kappa shape index (κ3) is 6.50. The molecule has 1 atom stereocenters. The first kappa shape index (κ1) is 18.7. The topological polar surface area (TPSA) is 84.5 Å². The van der Waals surface area contributed by atoms with Gasteiger partial charge in [-0.15, -0.1) is 0 Å². The molecule has 0 saturated heterocycles. The summed E-state index contributed by atoms with van der Waals surface area (Å²) in [4.78, 5) is 35.4. The molecule has 23 heavy (non-hydrogen) atoms. The molecule has 0 aliphatic heterocycles. The van der Waals surface area contributed by atoms with Gasteiger partial charge in [0.25, 0.3) is 11.8 Å². The van der Waals surface area contributed by atoms with Gasteiger partial charge in [-0.3, -0.25) is 9.59 Å². The fourth-order valence-electron chi connectivity index (χ4n) is 1.95. The van der Waals surface area contributed by atoms with Crippen LogP contribution >= 0.6 is 0 Å². The van der Waals surface area contributed by atoms with Gasteiger partial charge in [-0.1, -0.05) is 32.0 Å². The number of carbonyl (C=O) groups is 3. The summed E-state index contributed by atoms with van der Waals surface area (Å²) in [5.74, 6) is -1.35. The van der Waals surface area contributed by atoms with Gasteiger partial charge in [-0.05, 0) is 31.9 Å². The number of amides is 2. The first-order valence-corrected chi connectivity index (χ1v) is 7.79. The lowest BCUT2D eigenvalue weighted by atomic mass is 10.2. The molecule has 1 aromatic rings. The highest BCUT2D eigenvalue weighted by molar-refractivity contribution is 5.96. The van der Waals surface area contributed by atoms with E-state index in [2.05, 4.69) is 10.6 Å². The van der Waals surface area contributed by atoms with Crippen molar-refractivity contribution in [3.8, 4) is 0 Å². The van der Waals surface area contributed by atoms with Crippen molar-refractivity contribution in [3.63, 3.8) is 0 Å². The van der Waals surface area contributed by atoms with Gasteiger partial charge in [0, 0.05) is 11.6 Å². The third-order valence-corrected chi connectivity index (χ3v) is 3.43. The Morgan fingerprint density at radius 3 is 2.22 bits per heavy atom. The molecule has 6 heteroatoms. The monoisotopic (exact) mass is 320 g/mol. The Bertz CT molecular complexity index is 527. The molecule has 2 amide bonds. The van der Waals surface area contributed by atoms with Crippen LogP contribution in [0.1, 0.15) is 44.0 Å². The average Bonchev–Trinajstić information content (AvgIpc) is 2.58. The molecular formula is C17H24N2O4. The SMILES string of the molecule is CCC(CC)NC(=O)COC(=O)[C@H](C)NC(=O)c1ccccc1. The van der Waals surface area contributed by atoms with Crippen molar-refractivity contribution in [2.45, 2.75) is 45.7 Å². The van der Waals surface area contributed by atoms with Crippen molar-refractivity contribution < 1.29 is 19.1 Å². The second-order valence-electron chi connectivity index (χ2n) is 5.25. The zero-order valence-electron chi connectivity index (χ0n) is 13.8. The van der Waals surface area contributed by atoms with Crippen LogP contribution in [0.4, 0.5) is 0 Å². The predicted molar refractivity (Wildman–Crippen MR) is 86.8 cm³/mol. The van der Waals surface area contributed by atoms with Crippen LogP contribution in [0.25, 0.3) is 0 Å². The van der Waals surface area contributed by atoms with Gasteiger partial charge in [0.15, 0.2) is 6.61 Å². The Kier molecular flexibility index (Phi) is 7.80. The Hall–Kier alpha value is -2.37. The van der Waals surface area contributed by atoms with Gasteiger partial charge in [-0.2, -0.15) is 0 Å². The van der Waals surface area contributed by atoms with Crippen LogP contribution in [0, 0.1) is 0 Å². The Morgan fingerprint density at radius 1 is 1.04 bits per heavy atom. The van der Waals surface area contributed by atoms with E-state index < -0.39 is 12.0 Å². The van der Waals surface area contributed by atoms with Crippen LogP contribution in [0.2, 0.25) is 0 Å². The molecule has 0 spiro atoms. The molecule has 1 rings (SSSR count). The van der Waals surface area contributed by atoms with Gasteiger partial charge in [0.05, 0.1) is 0 Å². The van der Waals surface area contributed by atoms with Gasteiger partial charge >= 0.3 is 5.97 Å². The molecule has 0 saturated carbocycles. The van der Waals surface area contributed by atoms with E-state index >= 15 is 0 Å². The Morgan fingerprint density at radius 2 is 1.65 bits per heavy atom. The maximum absolute atomic E-state index is 11.9. The highest BCUT2D eigenvalue weighted by atomic mass is 16.5. The van der Waals surface area contributed by atoms with E-state index in [1.165, 1.54) is 6.92 Å². The van der Waals surface area contributed by atoms with E-state index in [0.29, 0.717) is 5.56 Å². The van der Waals surface area contributed by atoms with Gasteiger partial charge in [-0.25, -0.2) is 4.79 Å². The lowest BCUT2D eigenvalue weighted by Crippen LogP contribution is -2.42. The molecule has 6 nitrogen and oxygen atoms in total. The predicted octanol–water partition coefficient (Wildman–Crippen LogP) is 1.65. The summed E-state index contributed by atoms with van der Waals surface area (Å²) < 4.78 is 4.93. The zero-order chi connectivity index (χ0) is 17.2. The van der Waals surface area contributed by atoms with E-state index in [1.807, 2.05) is 13.8 Å². The number of hydrogen-bond acceptors (Lipinski definition) is 4. The Labute approximate surface area is 136 Å². The van der Waals surface area contributed by atoms with Gasteiger partial charge in [0.1, 0.15) is 6.04 Å². The van der Waals surface area contributed by atoms with E-state index in [4.69, 9.17) is 4.74 Å². The molecule has 0 fully saturated rings. The standard InChI is InChI=1S/C17H24N2O4/c1-4-14(5-2)19-15(20)11-23-17(22)12(3)18-16(21)13-9-7-6-8-10-13/h6-10,12,14H,4-5,11H2,1-3H3,(H,18,21)(H,19,20)/t12-/m0/s1. The summed E-state index contributed by atoms with van der Waals surface area (Å²) in [5, 5.41) is 5.31. The molecule has 0 aliphatic rings. The molecular weight excluding hydrogens is 296 g/mol. The molecule has 0 unspecified atom stereocenters. The van der Waals surface area contributed by atoms with E-state index in [9.17, 15) is 14.4 Å². The maximum atomic E-state index is 11.9. The lowest BCUT2D eigenvalue weighted by Gasteiger charge is -2.16. The van der Waals surface area contributed by atoms with Crippen LogP contribution in [0.5, 0.6) is 0 Å². The average molecular weight is 320 g/mol. The minimum absolute atomic E-state index is 0.0800. The first-order chi connectivity index (χ1) is 11.0. The number of benzene rings is 1. The molecule has 126 valence electrons. The maximum Gasteiger partial charge on any atom is 0.328 e. The number of hydrogen-bond donors (Lipinski definition) is 2. The van der Waals surface area contributed by atoms with Gasteiger partial charge < -0.3 is 15.4 Å². The smallest absolute Gasteiger partial charge is 0.328 e. The van der Waals surface area contributed by atoms with Crippen molar-refractivity contribution in [1.82, 2.24) is 10.6 Å². The molecule has 1 aromatic carbocycles. The summed E-state index contributed by atoms with van der Waals surface area (Å²) in [6.07, 6.45) is 1.64. The van der Waals surface area contributed by atoms with Crippen molar-refractivity contribution >= 4 is 17.8 Å². The van der Waals surface area contributed by atoms with Crippen LogP contribution in [0.3, 0.4) is 0 Å². The molecule has 0 aromatic heterocycles. The highest BCUT2D eigenvalue weighted by Gasteiger charge is 2.19. The first-order valence-electron chi connectivity index (χ1n) is 7.79. The second-order valence-corrected chi connectivity index (χ2v) is 5.25. The van der Waals surface area contributed by atoms with Crippen LogP contribution in [0.15, 0.2) is 30.3 Å². The quantitative estimate of drug-likeness (QED) is 0.713. The number of nitrogens with one attached hydrogen (secondary N) is 2. The molecule has 0 radical (unpaired) electrons. The number of carbonyl (C=O) groups excluding carboxylic acids is 3. The van der Waals surface area contributed by atoms with Crippen molar-refractivity contribution in [1.29, 1.82) is 0 Å². The van der Waals surface area contributed by atoms with E-state index in [-0.39, 0.29) is 24.5 Å². The molecule has 0 bridgehead atoms. The Balaban J connectivity index is 2.39. The van der Waals surface area contributed by atoms with E-state index in [1.54, 1.807) is 30.3 Å². The normalized spacial score (nSPS) is 11.7. The third-order valence-electron chi connectivity index (χ3n) is 3.43. The summed E-state index contributed by atoms with van der Waals surface area (Å²) in [5.41, 5.74) is 0.457. The largest absolute Gasteiger partial charge is 0.454 e. The summed E-state index contributed by atoms with van der Waals surface area (Å²) in [7, 11) is 0.